The van der Waals surface area contributed by atoms with Crippen LogP contribution >= 0.6 is 0 Å². The number of fused-ring (bicyclic) bond motifs is 1. The highest BCUT2D eigenvalue weighted by Gasteiger charge is 2.45. The van der Waals surface area contributed by atoms with E-state index in [0.717, 1.165) is 37.9 Å². The Morgan fingerprint density at radius 1 is 1.30 bits per heavy atom. The van der Waals surface area contributed by atoms with Gasteiger partial charge in [-0.1, -0.05) is 18.2 Å². The van der Waals surface area contributed by atoms with E-state index in [0.29, 0.717) is 30.2 Å². The molecule has 2 amide bonds. The minimum Gasteiger partial charge on any atom is -0.496 e. The van der Waals surface area contributed by atoms with Crippen LogP contribution in [0, 0.1) is 11.3 Å². The fourth-order valence-corrected chi connectivity index (χ4v) is 4.49. The summed E-state index contributed by atoms with van der Waals surface area (Å²) < 4.78 is 5.32. The number of ether oxygens (including phenoxy) is 1. The Kier molecular flexibility index (Phi) is 4.94. The van der Waals surface area contributed by atoms with Crippen molar-refractivity contribution in [1.82, 2.24) is 10.2 Å². The van der Waals surface area contributed by atoms with E-state index in [2.05, 4.69) is 11.4 Å². The van der Waals surface area contributed by atoms with Gasteiger partial charge in [-0.15, -0.1) is 0 Å². The normalized spacial score (nSPS) is 24.9. The highest BCUT2D eigenvalue weighted by atomic mass is 16.5. The first-order chi connectivity index (χ1) is 13.1. The van der Waals surface area contributed by atoms with Crippen molar-refractivity contribution < 1.29 is 14.3 Å². The number of hydrogen-bond donors (Lipinski definition) is 1. The van der Waals surface area contributed by atoms with Crippen LogP contribution in [0.1, 0.15) is 55.3 Å². The number of hydrogen-bond acceptors (Lipinski definition) is 3. The molecule has 27 heavy (non-hydrogen) atoms. The summed E-state index contributed by atoms with van der Waals surface area (Å²) in [5.74, 6) is 1.39. The summed E-state index contributed by atoms with van der Waals surface area (Å²) in [6, 6.07) is 7.29. The molecule has 5 heteroatoms. The minimum absolute atomic E-state index is 0.112. The van der Waals surface area contributed by atoms with E-state index in [9.17, 15) is 9.59 Å². The van der Waals surface area contributed by atoms with E-state index < -0.39 is 0 Å². The number of likely N-dealkylation sites (tertiary alicyclic amines) is 1. The van der Waals surface area contributed by atoms with Crippen molar-refractivity contribution in [1.29, 1.82) is 0 Å². The van der Waals surface area contributed by atoms with Gasteiger partial charge in [0.2, 0.25) is 5.91 Å². The molecule has 1 atom stereocenters. The maximum absolute atomic E-state index is 12.8. The van der Waals surface area contributed by atoms with Gasteiger partial charge in [0, 0.05) is 30.6 Å². The number of amides is 2. The molecule has 3 aliphatic rings. The number of nitrogens with one attached hydrogen (secondary N) is 1. The third-order valence-corrected chi connectivity index (χ3v) is 6.23. The molecule has 0 spiro atoms. The largest absolute Gasteiger partial charge is 0.496 e. The third-order valence-electron chi connectivity index (χ3n) is 6.23. The van der Waals surface area contributed by atoms with Crippen LogP contribution in [0.4, 0.5) is 0 Å². The molecule has 0 aromatic heterocycles. The summed E-state index contributed by atoms with van der Waals surface area (Å²) in [7, 11) is 1.58. The van der Waals surface area contributed by atoms with Crippen LogP contribution in [0.5, 0.6) is 5.75 Å². The van der Waals surface area contributed by atoms with Gasteiger partial charge < -0.3 is 15.0 Å². The fourth-order valence-electron chi connectivity index (χ4n) is 4.49. The van der Waals surface area contributed by atoms with Crippen molar-refractivity contribution in [3.8, 4) is 5.75 Å². The van der Waals surface area contributed by atoms with Gasteiger partial charge >= 0.3 is 0 Å². The van der Waals surface area contributed by atoms with Gasteiger partial charge in [0.05, 0.1) is 12.7 Å². The summed E-state index contributed by atoms with van der Waals surface area (Å²) in [6.45, 7) is 1.43. The molecule has 2 fully saturated rings. The van der Waals surface area contributed by atoms with Crippen molar-refractivity contribution in [3.05, 3.63) is 41.6 Å². The van der Waals surface area contributed by atoms with Crippen molar-refractivity contribution in [2.24, 2.45) is 11.3 Å². The lowest BCUT2D eigenvalue weighted by molar-refractivity contribution is -0.134. The van der Waals surface area contributed by atoms with Crippen LogP contribution in [0.25, 0.3) is 0 Å². The van der Waals surface area contributed by atoms with Crippen LogP contribution in [0.15, 0.2) is 36.0 Å². The van der Waals surface area contributed by atoms with Crippen LogP contribution in [0.2, 0.25) is 0 Å². The molecule has 1 saturated heterocycles. The summed E-state index contributed by atoms with van der Waals surface area (Å²) in [5, 5.41) is 3.14. The van der Waals surface area contributed by atoms with Gasteiger partial charge in [0.15, 0.2) is 0 Å². The maximum atomic E-state index is 12.8. The molecule has 2 aliphatic carbocycles. The molecular weight excluding hydrogens is 340 g/mol. The van der Waals surface area contributed by atoms with Gasteiger partial charge in [0.1, 0.15) is 5.75 Å². The molecule has 4 rings (SSSR count). The minimum atomic E-state index is -0.114. The molecule has 1 aliphatic heterocycles. The van der Waals surface area contributed by atoms with E-state index in [1.54, 1.807) is 19.2 Å². The first kappa shape index (κ1) is 18.1. The summed E-state index contributed by atoms with van der Waals surface area (Å²) in [5.41, 5.74) is 1.61. The highest BCUT2D eigenvalue weighted by molar-refractivity contribution is 5.97. The van der Waals surface area contributed by atoms with Gasteiger partial charge in [-0.05, 0) is 56.6 Å². The lowest BCUT2D eigenvalue weighted by Gasteiger charge is -2.47. The summed E-state index contributed by atoms with van der Waals surface area (Å²) >= 11 is 0. The molecule has 1 heterocycles. The highest BCUT2D eigenvalue weighted by Crippen LogP contribution is 2.47. The van der Waals surface area contributed by atoms with Crippen LogP contribution in [-0.2, 0) is 4.79 Å². The Bertz CT molecular complexity index is 769. The van der Waals surface area contributed by atoms with Crippen molar-refractivity contribution in [2.45, 2.75) is 44.9 Å². The predicted octanol–water partition coefficient (Wildman–Crippen LogP) is 3.51. The predicted molar refractivity (Wildman–Crippen MR) is 103 cm³/mol. The number of para-hydroxylation sites is 1. The zero-order chi connectivity index (χ0) is 18.9. The lowest BCUT2D eigenvalue weighted by Crippen LogP contribution is -2.51. The summed E-state index contributed by atoms with van der Waals surface area (Å²) in [4.78, 5) is 27.4. The van der Waals surface area contributed by atoms with Gasteiger partial charge in [-0.2, -0.15) is 0 Å². The average molecular weight is 368 g/mol. The smallest absolute Gasteiger partial charge is 0.255 e. The number of carbonyl (C=O) groups excluding carboxylic acids is 2. The van der Waals surface area contributed by atoms with Gasteiger partial charge in [-0.3, -0.25) is 9.59 Å². The summed E-state index contributed by atoms with van der Waals surface area (Å²) in [6.07, 6.45) is 9.27. The standard InChI is InChI=1S/C22H28N2O3/c1-27-18-7-3-2-6-17(18)21(26)23-15-22-12-5-4-8-19(22)24(14-16-9-10-16)20(25)11-13-22/h2-3,6-8,16H,4-5,9-15H2,1H3,(H,23,26). The number of piperidine rings is 1. The van der Waals surface area contributed by atoms with E-state index in [1.807, 2.05) is 17.0 Å². The first-order valence-electron chi connectivity index (χ1n) is 10.1. The Hall–Kier alpha value is -2.30. The quantitative estimate of drug-likeness (QED) is 0.836. The number of allylic oxidation sites excluding steroid dienone is 1. The third kappa shape index (κ3) is 3.60. The Morgan fingerprint density at radius 3 is 2.89 bits per heavy atom. The average Bonchev–Trinajstić information content (AvgIpc) is 3.53. The lowest BCUT2D eigenvalue weighted by atomic mass is 9.69. The second kappa shape index (κ2) is 7.37. The molecular formula is C22H28N2O3. The first-order valence-corrected chi connectivity index (χ1v) is 10.1. The van der Waals surface area contributed by atoms with Crippen molar-refractivity contribution >= 4 is 11.8 Å². The molecule has 0 radical (unpaired) electrons. The molecule has 1 saturated carbocycles. The van der Waals surface area contributed by atoms with Gasteiger partial charge in [-0.25, -0.2) is 0 Å². The maximum Gasteiger partial charge on any atom is 0.255 e. The second-order valence-corrected chi connectivity index (χ2v) is 8.09. The van der Waals surface area contributed by atoms with Crippen molar-refractivity contribution in [2.75, 3.05) is 20.2 Å². The van der Waals surface area contributed by atoms with Crippen LogP contribution in [0.3, 0.4) is 0 Å². The number of methoxy groups -OCH3 is 1. The topological polar surface area (TPSA) is 58.6 Å². The molecule has 144 valence electrons. The zero-order valence-electron chi connectivity index (χ0n) is 16.0. The number of rotatable bonds is 6. The Labute approximate surface area is 160 Å². The van der Waals surface area contributed by atoms with E-state index in [-0.39, 0.29) is 17.2 Å². The fraction of sp³-hybridized carbons (Fsp3) is 0.545. The molecule has 0 bridgehead atoms. The Balaban J connectivity index is 1.52. The van der Waals surface area contributed by atoms with Crippen molar-refractivity contribution in [3.63, 3.8) is 0 Å². The van der Waals surface area contributed by atoms with E-state index in [1.165, 1.54) is 12.8 Å². The molecule has 1 unspecified atom stereocenters. The van der Waals surface area contributed by atoms with Crippen LogP contribution in [-0.4, -0.2) is 36.9 Å². The molecule has 1 aromatic rings. The molecule has 1 N–H and O–H groups in total. The molecule has 5 nitrogen and oxygen atoms in total. The SMILES string of the molecule is COc1ccccc1C(=O)NCC12CCCC=C1N(CC1CC1)C(=O)CC2. The zero-order valence-corrected chi connectivity index (χ0v) is 16.0. The number of benzene rings is 1. The molecule has 1 aromatic carbocycles. The monoisotopic (exact) mass is 368 g/mol. The Morgan fingerprint density at radius 2 is 2.11 bits per heavy atom. The second-order valence-electron chi connectivity index (χ2n) is 8.09. The van der Waals surface area contributed by atoms with Crippen LogP contribution < -0.4 is 10.1 Å². The number of nitrogens with zero attached hydrogens (tertiary/aromatic N) is 1. The van der Waals surface area contributed by atoms with E-state index in [4.69, 9.17) is 4.74 Å². The van der Waals surface area contributed by atoms with E-state index >= 15 is 0 Å². The van der Waals surface area contributed by atoms with Gasteiger partial charge in [0.25, 0.3) is 5.91 Å². The number of carbonyl (C=O) groups is 2.